The van der Waals surface area contributed by atoms with Gasteiger partial charge < -0.3 is 30.2 Å². The Balaban J connectivity index is 1.39. The zero-order valence-electron chi connectivity index (χ0n) is 17.1. The van der Waals surface area contributed by atoms with Gasteiger partial charge in [0.25, 0.3) is 5.91 Å². The van der Waals surface area contributed by atoms with Crippen LogP contribution in [0.1, 0.15) is 15.9 Å². The van der Waals surface area contributed by atoms with Gasteiger partial charge in [0, 0.05) is 11.8 Å². The topological polar surface area (TPSA) is 97.9 Å². The van der Waals surface area contributed by atoms with Crippen LogP contribution in [-0.4, -0.2) is 25.8 Å². The smallest absolute Gasteiger partial charge is 0.323 e. The van der Waals surface area contributed by atoms with Gasteiger partial charge in [0.05, 0.1) is 18.4 Å². The number of fused-ring (bicyclic) bond motifs is 1. The number of halogens is 1. The molecule has 1 heterocycles. The number of carbonyl (C=O) groups excluding carboxylic acids is 2. The average molecular weight is 437 g/mol. The molecule has 0 radical (unpaired) electrons. The summed E-state index contributed by atoms with van der Waals surface area (Å²) in [5.74, 6) is 1.73. The summed E-state index contributed by atoms with van der Waals surface area (Å²) in [7, 11) is 1.47. The Morgan fingerprint density at radius 2 is 1.84 bits per heavy atom. The predicted octanol–water partition coefficient (Wildman–Crippen LogP) is 4.68. The van der Waals surface area contributed by atoms with E-state index >= 15 is 0 Å². The Hall–Kier alpha value is -4.27. The molecule has 3 N–H and O–H groups in total. The minimum Gasteiger partial charge on any atom is -0.495 e. The van der Waals surface area contributed by atoms with Crippen molar-refractivity contribution in [2.75, 3.05) is 24.5 Å². The number of ether oxygens (including phenoxy) is 3. The van der Waals surface area contributed by atoms with Crippen LogP contribution >= 0.6 is 0 Å². The first-order valence-electron chi connectivity index (χ1n) is 9.69. The highest BCUT2D eigenvalue weighted by Gasteiger charge is 2.18. The molecular formula is C23H20FN3O5. The van der Waals surface area contributed by atoms with Crippen LogP contribution in [0.3, 0.4) is 0 Å². The Morgan fingerprint density at radius 3 is 2.59 bits per heavy atom. The number of methoxy groups -OCH3 is 1. The van der Waals surface area contributed by atoms with Crippen molar-refractivity contribution in [3.8, 4) is 23.0 Å². The molecule has 0 bridgehead atoms. The highest BCUT2D eigenvalue weighted by atomic mass is 19.1. The van der Waals surface area contributed by atoms with Gasteiger partial charge in [0.2, 0.25) is 0 Å². The first kappa shape index (κ1) is 21.0. The maximum absolute atomic E-state index is 12.9. The SMILES string of the molecule is COc1ccc(CF)cc1NC(=O)Nc1ccc(Oc2ccc3c(c2)OCNC3=O)cc1. The van der Waals surface area contributed by atoms with Crippen molar-refractivity contribution < 1.29 is 28.2 Å². The van der Waals surface area contributed by atoms with Crippen LogP contribution in [0.2, 0.25) is 0 Å². The molecule has 0 saturated carbocycles. The maximum atomic E-state index is 12.9. The average Bonchev–Trinajstić information content (AvgIpc) is 2.80. The lowest BCUT2D eigenvalue weighted by Crippen LogP contribution is -2.32. The van der Waals surface area contributed by atoms with Crippen molar-refractivity contribution in [2.24, 2.45) is 0 Å². The molecule has 0 fully saturated rings. The van der Waals surface area contributed by atoms with Crippen molar-refractivity contribution in [3.05, 3.63) is 71.8 Å². The molecule has 1 aliphatic rings. The number of hydrogen-bond acceptors (Lipinski definition) is 5. The molecule has 0 unspecified atom stereocenters. The van der Waals surface area contributed by atoms with E-state index in [-0.39, 0.29) is 12.6 Å². The molecule has 3 aromatic carbocycles. The van der Waals surface area contributed by atoms with Crippen LogP contribution in [0.25, 0.3) is 0 Å². The summed E-state index contributed by atoms with van der Waals surface area (Å²) in [6.07, 6.45) is 0. The Bertz CT molecular complexity index is 1150. The van der Waals surface area contributed by atoms with Gasteiger partial charge in [-0.05, 0) is 54.1 Å². The lowest BCUT2D eigenvalue weighted by molar-refractivity contribution is 0.0883. The molecule has 0 aromatic heterocycles. The first-order chi connectivity index (χ1) is 15.6. The monoisotopic (exact) mass is 437 g/mol. The van der Waals surface area contributed by atoms with E-state index in [4.69, 9.17) is 14.2 Å². The van der Waals surface area contributed by atoms with Crippen molar-refractivity contribution in [2.45, 2.75) is 6.67 Å². The molecule has 9 heteroatoms. The fourth-order valence-electron chi connectivity index (χ4n) is 3.11. The molecule has 0 atom stereocenters. The molecule has 4 rings (SSSR count). The van der Waals surface area contributed by atoms with E-state index in [9.17, 15) is 14.0 Å². The van der Waals surface area contributed by atoms with Crippen molar-refractivity contribution in [1.82, 2.24) is 5.32 Å². The van der Waals surface area contributed by atoms with Gasteiger partial charge in [-0.25, -0.2) is 9.18 Å². The molecule has 1 aliphatic heterocycles. The summed E-state index contributed by atoms with van der Waals surface area (Å²) in [6, 6.07) is 15.9. The van der Waals surface area contributed by atoms with Gasteiger partial charge in [0.15, 0.2) is 6.73 Å². The van der Waals surface area contributed by atoms with Gasteiger partial charge in [-0.1, -0.05) is 6.07 Å². The highest BCUT2D eigenvalue weighted by molar-refractivity contribution is 6.00. The number of nitrogens with one attached hydrogen (secondary N) is 3. The minimum atomic E-state index is -0.648. The third kappa shape index (κ3) is 4.72. The normalized spacial score (nSPS) is 12.1. The number of rotatable bonds is 6. The van der Waals surface area contributed by atoms with Gasteiger partial charge >= 0.3 is 6.03 Å². The molecule has 0 aliphatic carbocycles. The second-order valence-corrected chi connectivity index (χ2v) is 6.83. The predicted molar refractivity (Wildman–Crippen MR) is 116 cm³/mol. The first-order valence-corrected chi connectivity index (χ1v) is 9.69. The van der Waals surface area contributed by atoms with Gasteiger partial charge in [-0.3, -0.25) is 4.79 Å². The summed E-state index contributed by atoms with van der Waals surface area (Å²) in [5.41, 5.74) is 1.77. The third-order valence-electron chi connectivity index (χ3n) is 4.67. The Morgan fingerprint density at radius 1 is 1.06 bits per heavy atom. The van der Waals surface area contributed by atoms with E-state index in [0.29, 0.717) is 45.5 Å². The quantitative estimate of drug-likeness (QED) is 0.520. The van der Waals surface area contributed by atoms with Gasteiger partial charge in [-0.15, -0.1) is 0 Å². The summed E-state index contributed by atoms with van der Waals surface area (Å²) in [4.78, 5) is 24.1. The van der Waals surface area contributed by atoms with Crippen LogP contribution in [-0.2, 0) is 6.67 Å². The van der Waals surface area contributed by atoms with Crippen molar-refractivity contribution in [1.29, 1.82) is 0 Å². The number of urea groups is 1. The third-order valence-corrected chi connectivity index (χ3v) is 4.67. The summed E-state index contributed by atoms with van der Waals surface area (Å²) in [5, 5.41) is 7.94. The van der Waals surface area contributed by atoms with Gasteiger partial charge in [0.1, 0.15) is 29.7 Å². The molecule has 0 saturated heterocycles. The van der Waals surface area contributed by atoms with E-state index in [1.807, 2.05) is 0 Å². The number of amides is 3. The van der Waals surface area contributed by atoms with E-state index in [0.717, 1.165) is 0 Å². The maximum Gasteiger partial charge on any atom is 0.323 e. The zero-order valence-corrected chi connectivity index (χ0v) is 17.1. The number of hydrogen-bond donors (Lipinski definition) is 3. The number of carbonyl (C=O) groups is 2. The highest BCUT2D eigenvalue weighted by Crippen LogP contribution is 2.30. The second-order valence-electron chi connectivity index (χ2n) is 6.83. The van der Waals surface area contributed by atoms with Crippen LogP contribution in [0, 0.1) is 0 Å². The molecule has 0 spiro atoms. The summed E-state index contributed by atoms with van der Waals surface area (Å²) in [6.45, 7) is -0.535. The fourth-order valence-corrected chi connectivity index (χ4v) is 3.11. The standard InChI is InChI=1S/C23H20FN3O5/c1-30-20-9-2-14(12-24)10-19(20)27-23(29)26-15-3-5-16(6-4-15)32-17-7-8-18-21(11-17)31-13-25-22(18)28/h2-11H,12-13H2,1H3,(H,25,28)(H2,26,27,29). The lowest BCUT2D eigenvalue weighted by Gasteiger charge is -2.18. The zero-order chi connectivity index (χ0) is 22.5. The van der Waals surface area contributed by atoms with E-state index in [1.54, 1.807) is 54.6 Å². The van der Waals surface area contributed by atoms with Crippen LogP contribution in [0.15, 0.2) is 60.7 Å². The molecule has 3 amide bonds. The Kier molecular flexibility index (Phi) is 6.07. The fraction of sp³-hybridized carbons (Fsp3) is 0.130. The van der Waals surface area contributed by atoms with E-state index < -0.39 is 12.7 Å². The minimum absolute atomic E-state index is 0.113. The molecule has 164 valence electrons. The van der Waals surface area contributed by atoms with Crippen LogP contribution in [0.4, 0.5) is 20.6 Å². The van der Waals surface area contributed by atoms with Crippen LogP contribution < -0.4 is 30.2 Å². The Labute approximate surface area is 183 Å². The van der Waals surface area contributed by atoms with Gasteiger partial charge in [-0.2, -0.15) is 0 Å². The van der Waals surface area contributed by atoms with E-state index in [1.165, 1.54) is 13.2 Å². The molecule has 32 heavy (non-hydrogen) atoms. The molecular weight excluding hydrogens is 417 g/mol. The number of benzene rings is 3. The van der Waals surface area contributed by atoms with E-state index in [2.05, 4.69) is 16.0 Å². The molecule has 8 nitrogen and oxygen atoms in total. The lowest BCUT2D eigenvalue weighted by atomic mass is 10.1. The number of alkyl halides is 1. The number of anilines is 2. The molecule has 3 aromatic rings. The summed E-state index contributed by atoms with van der Waals surface area (Å²) < 4.78 is 29.3. The second kappa shape index (κ2) is 9.25. The van der Waals surface area contributed by atoms with Crippen molar-refractivity contribution >= 4 is 23.3 Å². The largest absolute Gasteiger partial charge is 0.495 e. The summed E-state index contributed by atoms with van der Waals surface area (Å²) >= 11 is 0. The van der Waals surface area contributed by atoms with Crippen molar-refractivity contribution in [3.63, 3.8) is 0 Å². The van der Waals surface area contributed by atoms with Crippen LogP contribution in [0.5, 0.6) is 23.0 Å².